The number of hydrogen-bond donors (Lipinski definition) is 2. The highest BCUT2D eigenvalue weighted by atomic mass is 19.4. The van der Waals surface area contributed by atoms with Gasteiger partial charge in [0.15, 0.2) is 0 Å². The summed E-state index contributed by atoms with van der Waals surface area (Å²) in [5, 5.41) is 16.0. The van der Waals surface area contributed by atoms with Crippen LogP contribution in [-0.2, 0) is 6.18 Å². The van der Waals surface area contributed by atoms with Gasteiger partial charge in [0.1, 0.15) is 11.6 Å². The normalized spacial score (nSPS) is 17.4. The zero-order valence-electron chi connectivity index (χ0n) is 11.9. The number of ether oxygens (including phenoxy) is 1. The summed E-state index contributed by atoms with van der Waals surface area (Å²) in [7, 11) is 0. The van der Waals surface area contributed by atoms with Crippen LogP contribution < -0.4 is 10.5 Å². The molecule has 0 aliphatic carbocycles. The van der Waals surface area contributed by atoms with Crippen molar-refractivity contribution >= 4 is 0 Å². The molecule has 1 aliphatic heterocycles. The lowest BCUT2D eigenvalue weighted by atomic mass is 9.83. The molecule has 0 amide bonds. The van der Waals surface area contributed by atoms with E-state index in [4.69, 9.17) is 10.5 Å². The second-order valence-electron chi connectivity index (χ2n) is 5.12. The van der Waals surface area contributed by atoms with Gasteiger partial charge in [-0.3, -0.25) is 5.10 Å². The Hall–Kier alpha value is -2.95. The van der Waals surface area contributed by atoms with E-state index in [1.165, 1.54) is 12.1 Å². The maximum Gasteiger partial charge on any atom is 0.416 e. The van der Waals surface area contributed by atoms with Crippen LogP contribution in [0.3, 0.4) is 0 Å². The van der Waals surface area contributed by atoms with Crippen molar-refractivity contribution in [3.63, 3.8) is 0 Å². The van der Waals surface area contributed by atoms with Gasteiger partial charge < -0.3 is 10.5 Å². The molecule has 8 heteroatoms. The molecule has 0 bridgehead atoms. The maximum atomic E-state index is 13.0. The van der Waals surface area contributed by atoms with E-state index < -0.39 is 17.7 Å². The van der Waals surface area contributed by atoms with Gasteiger partial charge in [0, 0.05) is 11.3 Å². The van der Waals surface area contributed by atoms with E-state index in [2.05, 4.69) is 10.2 Å². The summed E-state index contributed by atoms with van der Waals surface area (Å²) in [6.45, 7) is 1.70. The molecule has 0 radical (unpaired) electrons. The van der Waals surface area contributed by atoms with Crippen molar-refractivity contribution in [1.29, 1.82) is 5.26 Å². The second-order valence-corrected chi connectivity index (χ2v) is 5.12. The van der Waals surface area contributed by atoms with Gasteiger partial charge in [-0.15, -0.1) is 5.10 Å². The Balaban J connectivity index is 2.21. The summed E-state index contributed by atoms with van der Waals surface area (Å²) in [5.41, 5.74) is 6.40. The number of aromatic amines is 1. The molecule has 0 spiro atoms. The number of nitrogens with zero attached hydrogens (tertiary/aromatic N) is 2. The number of nitriles is 1. The van der Waals surface area contributed by atoms with Gasteiger partial charge in [-0.25, -0.2) is 0 Å². The van der Waals surface area contributed by atoms with Crippen molar-refractivity contribution < 1.29 is 17.9 Å². The molecule has 0 fully saturated rings. The van der Waals surface area contributed by atoms with Crippen LogP contribution >= 0.6 is 0 Å². The molecule has 2 aromatic rings. The van der Waals surface area contributed by atoms with E-state index in [0.717, 1.165) is 12.1 Å². The van der Waals surface area contributed by atoms with Crippen LogP contribution in [0.2, 0.25) is 0 Å². The highest BCUT2D eigenvalue weighted by Gasteiger charge is 2.36. The molecule has 0 saturated carbocycles. The average Bonchev–Trinajstić information content (AvgIpc) is 2.86. The first-order valence-electron chi connectivity index (χ1n) is 6.62. The summed E-state index contributed by atoms with van der Waals surface area (Å²) in [5.74, 6) is -0.750. The number of nitrogens with one attached hydrogen (secondary N) is 1. The Kier molecular flexibility index (Phi) is 3.29. The number of allylic oxidation sites excluding steroid dienone is 1. The molecule has 3 rings (SSSR count). The zero-order valence-corrected chi connectivity index (χ0v) is 11.9. The molecule has 23 heavy (non-hydrogen) atoms. The molecule has 3 N–H and O–H groups in total. The third-order valence-corrected chi connectivity index (χ3v) is 3.68. The number of alkyl halides is 3. The first-order valence-corrected chi connectivity index (χ1v) is 6.62. The predicted octanol–water partition coefficient (Wildman–Crippen LogP) is 2.96. The molecule has 0 saturated heterocycles. The minimum Gasteiger partial charge on any atom is -0.420 e. The van der Waals surface area contributed by atoms with Crippen LogP contribution in [0.15, 0.2) is 35.7 Å². The molecule has 1 atom stereocenters. The van der Waals surface area contributed by atoms with Crippen LogP contribution in [0.5, 0.6) is 5.88 Å². The molecule has 1 aliphatic rings. The quantitative estimate of drug-likeness (QED) is 0.845. The van der Waals surface area contributed by atoms with Crippen molar-refractivity contribution in [2.75, 3.05) is 0 Å². The molecule has 1 aromatic carbocycles. The predicted molar refractivity (Wildman–Crippen MR) is 74.1 cm³/mol. The minimum absolute atomic E-state index is 0.0568. The topological polar surface area (TPSA) is 87.7 Å². The lowest BCUT2D eigenvalue weighted by Gasteiger charge is -2.24. The van der Waals surface area contributed by atoms with Gasteiger partial charge >= 0.3 is 6.18 Å². The molecule has 0 unspecified atom stereocenters. The number of H-pyrrole nitrogens is 1. The first kappa shape index (κ1) is 15.0. The summed E-state index contributed by atoms with van der Waals surface area (Å²) in [6.07, 6.45) is -4.47. The minimum atomic E-state index is -4.47. The molecule has 1 aromatic heterocycles. The summed E-state index contributed by atoms with van der Waals surface area (Å²) < 4.78 is 44.2. The third-order valence-electron chi connectivity index (χ3n) is 3.68. The van der Waals surface area contributed by atoms with Crippen molar-refractivity contribution in [3.05, 3.63) is 58.1 Å². The van der Waals surface area contributed by atoms with Gasteiger partial charge in [0.05, 0.1) is 11.5 Å². The number of halogens is 3. The Bertz CT molecular complexity index is 845. The molecule has 2 heterocycles. The van der Waals surface area contributed by atoms with Crippen molar-refractivity contribution in [2.24, 2.45) is 5.73 Å². The number of fused-ring (bicyclic) bond motifs is 1. The largest absolute Gasteiger partial charge is 0.420 e. The van der Waals surface area contributed by atoms with E-state index >= 15 is 0 Å². The van der Waals surface area contributed by atoms with E-state index in [-0.39, 0.29) is 17.3 Å². The summed E-state index contributed by atoms with van der Waals surface area (Å²) >= 11 is 0. The number of rotatable bonds is 1. The highest BCUT2D eigenvalue weighted by molar-refractivity contribution is 5.55. The smallest absolute Gasteiger partial charge is 0.416 e. The Labute approximate surface area is 129 Å². The fourth-order valence-corrected chi connectivity index (χ4v) is 2.63. The number of aryl methyl sites for hydroxylation is 1. The second kappa shape index (κ2) is 5.05. The van der Waals surface area contributed by atoms with Crippen molar-refractivity contribution in [2.45, 2.75) is 19.0 Å². The maximum absolute atomic E-state index is 13.0. The first-order chi connectivity index (χ1) is 10.8. The molecule has 5 nitrogen and oxygen atoms in total. The van der Waals surface area contributed by atoms with E-state index in [1.807, 2.05) is 6.07 Å². The number of benzene rings is 1. The lowest BCUT2D eigenvalue weighted by molar-refractivity contribution is -0.137. The van der Waals surface area contributed by atoms with Gasteiger partial charge in [-0.1, -0.05) is 18.2 Å². The lowest BCUT2D eigenvalue weighted by Crippen LogP contribution is -2.21. The van der Waals surface area contributed by atoms with Gasteiger partial charge in [-0.05, 0) is 18.6 Å². The molecular weight excluding hydrogens is 309 g/mol. The molecular formula is C15H11F3N4O. The van der Waals surface area contributed by atoms with Gasteiger partial charge in [0.2, 0.25) is 11.8 Å². The monoisotopic (exact) mass is 320 g/mol. The van der Waals surface area contributed by atoms with E-state index in [0.29, 0.717) is 16.8 Å². The number of nitrogens with two attached hydrogens (primary N) is 1. The van der Waals surface area contributed by atoms with E-state index in [1.54, 1.807) is 6.92 Å². The van der Waals surface area contributed by atoms with Gasteiger partial charge in [-0.2, -0.15) is 18.4 Å². The SMILES string of the molecule is Cc1[nH]nc2c1[C@@H](c1cccc(C(F)(F)F)c1)C(C#N)=C(N)O2. The van der Waals surface area contributed by atoms with E-state index in [9.17, 15) is 18.4 Å². The number of aromatic nitrogens is 2. The number of hydrogen-bond acceptors (Lipinski definition) is 4. The van der Waals surface area contributed by atoms with Crippen molar-refractivity contribution in [3.8, 4) is 11.9 Å². The molecule has 118 valence electrons. The Morgan fingerprint density at radius 3 is 2.78 bits per heavy atom. The Morgan fingerprint density at radius 2 is 2.13 bits per heavy atom. The summed E-state index contributed by atoms with van der Waals surface area (Å²) in [6, 6.07) is 6.73. The van der Waals surface area contributed by atoms with Crippen molar-refractivity contribution in [1.82, 2.24) is 10.2 Å². The fourth-order valence-electron chi connectivity index (χ4n) is 2.63. The van der Waals surface area contributed by atoms with Crippen LogP contribution in [-0.4, -0.2) is 10.2 Å². The standard InChI is InChI=1S/C15H11F3N4O/c1-7-11-12(8-3-2-4-9(5-8)15(16,17)18)10(6-19)13(20)23-14(11)22-21-7/h2-5,12H,20H2,1H3,(H,21,22)/t12-/m0/s1. The fraction of sp³-hybridized carbons (Fsp3) is 0.200. The summed E-state index contributed by atoms with van der Waals surface area (Å²) in [4.78, 5) is 0. The van der Waals surface area contributed by atoms with Crippen LogP contribution in [0.1, 0.15) is 28.3 Å². The third kappa shape index (κ3) is 2.40. The van der Waals surface area contributed by atoms with Crippen LogP contribution in [0.25, 0.3) is 0 Å². The van der Waals surface area contributed by atoms with Crippen LogP contribution in [0, 0.1) is 18.3 Å². The highest BCUT2D eigenvalue weighted by Crippen LogP contribution is 2.43. The van der Waals surface area contributed by atoms with Gasteiger partial charge in [0.25, 0.3) is 0 Å². The average molecular weight is 320 g/mol. The van der Waals surface area contributed by atoms with Crippen LogP contribution in [0.4, 0.5) is 13.2 Å². The Morgan fingerprint density at radius 1 is 1.39 bits per heavy atom. The zero-order chi connectivity index (χ0) is 16.8.